The van der Waals surface area contributed by atoms with Crippen LogP contribution in [0.5, 0.6) is 0 Å². The number of amides is 1. The molecule has 1 aromatic heterocycles. The summed E-state index contributed by atoms with van der Waals surface area (Å²) in [6.07, 6.45) is 0. The van der Waals surface area contributed by atoms with Crippen LogP contribution in [0.25, 0.3) is 0 Å². The number of anilines is 2. The Morgan fingerprint density at radius 1 is 1.30 bits per heavy atom. The van der Waals surface area contributed by atoms with E-state index in [-0.39, 0.29) is 5.91 Å². The quantitative estimate of drug-likeness (QED) is 0.888. The Balaban J connectivity index is 1.81. The van der Waals surface area contributed by atoms with Crippen molar-refractivity contribution in [2.24, 2.45) is 0 Å². The minimum atomic E-state index is -0.0821. The molecule has 2 aromatic rings. The van der Waals surface area contributed by atoms with Crippen LogP contribution in [0, 0.1) is 0 Å². The second-order valence-corrected chi connectivity index (χ2v) is 7.01. The summed E-state index contributed by atoms with van der Waals surface area (Å²) >= 11 is 7.88. The van der Waals surface area contributed by atoms with Gasteiger partial charge in [-0.05, 0) is 30.5 Å². The van der Waals surface area contributed by atoms with Crippen molar-refractivity contribution in [3.63, 3.8) is 0 Å². The van der Waals surface area contributed by atoms with Crippen molar-refractivity contribution in [3.05, 3.63) is 45.6 Å². The van der Waals surface area contributed by atoms with Crippen LogP contribution in [0.3, 0.4) is 0 Å². The van der Waals surface area contributed by atoms with Gasteiger partial charge in [-0.2, -0.15) is 0 Å². The van der Waals surface area contributed by atoms with Crippen molar-refractivity contribution in [3.8, 4) is 0 Å². The monoisotopic (exact) mass is 350 g/mol. The van der Waals surface area contributed by atoms with Gasteiger partial charge in [0.1, 0.15) is 0 Å². The van der Waals surface area contributed by atoms with Gasteiger partial charge < -0.3 is 15.1 Å². The number of thiophene rings is 1. The van der Waals surface area contributed by atoms with Gasteiger partial charge in [-0.1, -0.05) is 23.7 Å². The molecule has 2 N–H and O–H groups in total. The molecule has 0 saturated carbocycles. The number of rotatable bonds is 4. The second-order valence-electron chi connectivity index (χ2n) is 5.66. The lowest BCUT2D eigenvalue weighted by molar-refractivity contribution is -0.898. The van der Waals surface area contributed by atoms with E-state index < -0.39 is 0 Å². The van der Waals surface area contributed by atoms with Gasteiger partial charge in [0.15, 0.2) is 0 Å². The van der Waals surface area contributed by atoms with E-state index in [1.807, 2.05) is 35.7 Å². The number of quaternary nitrogens is 1. The summed E-state index contributed by atoms with van der Waals surface area (Å²) in [5.74, 6) is -0.0821. The van der Waals surface area contributed by atoms with Crippen molar-refractivity contribution in [2.45, 2.75) is 6.92 Å². The van der Waals surface area contributed by atoms with E-state index in [1.54, 1.807) is 4.90 Å². The Hall–Kier alpha value is -1.56. The molecule has 1 aliphatic heterocycles. The number of piperazine rings is 1. The number of hydrogen-bond donors (Lipinski definition) is 2. The first kappa shape index (κ1) is 16.3. The molecule has 122 valence electrons. The lowest BCUT2D eigenvalue weighted by atomic mass is 10.2. The van der Waals surface area contributed by atoms with E-state index in [0.29, 0.717) is 9.90 Å². The first-order valence-corrected chi connectivity index (χ1v) is 9.16. The van der Waals surface area contributed by atoms with E-state index in [4.69, 9.17) is 11.6 Å². The fraction of sp³-hybridized carbons (Fsp3) is 0.353. The number of hydrogen-bond acceptors (Lipinski definition) is 3. The first-order chi connectivity index (χ1) is 11.2. The Bertz CT molecular complexity index is 666. The third-order valence-corrected chi connectivity index (χ3v) is 5.44. The Morgan fingerprint density at radius 2 is 2.09 bits per heavy atom. The van der Waals surface area contributed by atoms with E-state index in [1.165, 1.54) is 11.3 Å². The number of nitrogens with one attached hydrogen (secondary N) is 2. The van der Waals surface area contributed by atoms with Crippen LogP contribution in [-0.2, 0) is 0 Å². The maximum Gasteiger partial charge on any atom is 0.265 e. The van der Waals surface area contributed by atoms with Crippen molar-refractivity contribution in [1.29, 1.82) is 0 Å². The number of para-hydroxylation sites is 1. The number of nitrogens with zero attached hydrogens (tertiary/aromatic N) is 1. The highest BCUT2D eigenvalue weighted by atomic mass is 35.5. The molecule has 1 saturated heterocycles. The minimum Gasteiger partial charge on any atom is -0.357 e. The number of carbonyl (C=O) groups excluding carboxylic acids is 1. The average molecular weight is 351 g/mol. The zero-order chi connectivity index (χ0) is 16.2. The molecule has 1 aromatic carbocycles. The van der Waals surface area contributed by atoms with Gasteiger partial charge in [0.25, 0.3) is 5.91 Å². The first-order valence-electron chi connectivity index (χ1n) is 7.91. The van der Waals surface area contributed by atoms with Crippen LogP contribution in [0.4, 0.5) is 11.4 Å². The normalized spacial score (nSPS) is 15.7. The fourth-order valence-electron chi connectivity index (χ4n) is 2.93. The summed E-state index contributed by atoms with van der Waals surface area (Å²) in [5, 5.41) is 5.61. The summed E-state index contributed by atoms with van der Waals surface area (Å²) < 4.78 is 0. The smallest absolute Gasteiger partial charge is 0.265 e. The molecular weight excluding hydrogens is 330 g/mol. The molecule has 1 amide bonds. The molecule has 2 heterocycles. The van der Waals surface area contributed by atoms with Crippen LogP contribution in [-0.4, -0.2) is 38.6 Å². The molecule has 0 atom stereocenters. The number of likely N-dealkylation sites (N-methyl/N-ethyl adjacent to an activating group) is 1. The summed E-state index contributed by atoms with van der Waals surface area (Å²) in [6, 6.07) is 9.39. The molecule has 0 bridgehead atoms. The third kappa shape index (κ3) is 3.68. The maximum absolute atomic E-state index is 12.4. The number of carbonyl (C=O) groups is 1. The molecular formula is C17H21ClN3OS+. The molecule has 0 spiro atoms. The summed E-state index contributed by atoms with van der Waals surface area (Å²) in [5.41, 5.74) is 1.73. The van der Waals surface area contributed by atoms with Crippen molar-refractivity contribution in [1.82, 2.24) is 0 Å². The van der Waals surface area contributed by atoms with Crippen molar-refractivity contribution < 1.29 is 9.69 Å². The van der Waals surface area contributed by atoms with Gasteiger partial charge >= 0.3 is 0 Å². The van der Waals surface area contributed by atoms with Gasteiger partial charge in [0, 0.05) is 0 Å². The lowest BCUT2D eigenvalue weighted by Gasteiger charge is -2.34. The molecule has 3 rings (SSSR count). The summed E-state index contributed by atoms with van der Waals surface area (Å²) in [7, 11) is 0. The molecule has 0 radical (unpaired) electrons. The van der Waals surface area contributed by atoms with Crippen LogP contribution in [0.2, 0.25) is 5.02 Å². The molecule has 4 nitrogen and oxygen atoms in total. The predicted molar refractivity (Wildman–Crippen MR) is 97.2 cm³/mol. The van der Waals surface area contributed by atoms with Crippen molar-refractivity contribution in [2.75, 3.05) is 42.9 Å². The zero-order valence-electron chi connectivity index (χ0n) is 13.1. The fourth-order valence-corrected chi connectivity index (χ4v) is 3.84. The average Bonchev–Trinajstić information content (AvgIpc) is 3.10. The Morgan fingerprint density at radius 3 is 2.74 bits per heavy atom. The summed E-state index contributed by atoms with van der Waals surface area (Å²) in [4.78, 5) is 17.0. The number of benzene rings is 1. The minimum absolute atomic E-state index is 0.0821. The molecule has 6 heteroatoms. The Labute approximate surface area is 145 Å². The summed E-state index contributed by atoms with van der Waals surface area (Å²) in [6.45, 7) is 7.47. The van der Waals surface area contributed by atoms with Crippen molar-refractivity contribution >= 4 is 40.2 Å². The van der Waals surface area contributed by atoms with Crippen LogP contribution >= 0.6 is 22.9 Å². The van der Waals surface area contributed by atoms with Gasteiger partial charge in [-0.25, -0.2) is 0 Å². The lowest BCUT2D eigenvalue weighted by Crippen LogP contribution is -3.14. The topological polar surface area (TPSA) is 36.8 Å². The van der Waals surface area contributed by atoms with E-state index in [2.05, 4.69) is 17.1 Å². The molecule has 0 unspecified atom stereocenters. The largest absolute Gasteiger partial charge is 0.357 e. The Kier molecular flexibility index (Phi) is 5.20. The highest BCUT2D eigenvalue weighted by Gasteiger charge is 2.23. The zero-order valence-corrected chi connectivity index (χ0v) is 14.7. The van der Waals surface area contributed by atoms with E-state index in [9.17, 15) is 4.79 Å². The SMILES string of the molecule is CC[NH+]1CCN(c2c(Cl)cccc2NC(=O)c2cccs2)CC1. The highest BCUT2D eigenvalue weighted by Crippen LogP contribution is 2.34. The number of halogens is 1. The second kappa shape index (κ2) is 7.34. The van der Waals surface area contributed by atoms with Crippen LogP contribution < -0.4 is 15.1 Å². The maximum atomic E-state index is 12.4. The van der Waals surface area contributed by atoms with Crippen LogP contribution in [0.1, 0.15) is 16.6 Å². The van der Waals surface area contributed by atoms with E-state index >= 15 is 0 Å². The molecule has 1 aliphatic rings. The predicted octanol–water partition coefficient (Wildman–Crippen LogP) is 2.38. The van der Waals surface area contributed by atoms with Gasteiger partial charge in [0.2, 0.25) is 0 Å². The standard InChI is InChI=1S/C17H20ClN3OS/c1-2-20-8-10-21(11-9-20)16-13(18)5-3-6-14(16)19-17(22)15-7-4-12-23-15/h3-7,12H,2,8-11H2,1H3,(H,19,22)/p+1. The van der Waals surface area contributed by atoms with Gasteiger partial charge in [-0.3, -0.25) is 4.79 Å². The van der Waals surface area contributed by atoms with E-state index in [0.717, 1.165) is 44.1 Å². The third-order valence-electron chi connectivity index (χ3n) is 4.27. The molecule has 23 heavy (non-hydrogen) atoms. The molecule has 0 aliphatic carbocycles. The van der Waals surface area contributed by atoms with Gasteiger partial charge in [-0.15, -0.1) is 11.3 Å². The van der Waals surface area contributed by atoms with Crippen LogP contribution in [0.15, 0.2) is 35.7 Å². The van der Waals surface area contributed by atoms with Gasteiger partial charge in [0.05, 0.1) is 54.0 Å². The highest BCUT2D eigenvalue weighted by molar-refractivity contribution is 7.12. The molecule has 1 fully saturated rings.